The van der Waals surface area contributed by atoms with Crippen molar-refractivity contribution in [3.8, 4) is 0 Å². The molecular formula is C23H30O4. The lowest BCUT2D eigenvalue weighted by Gasteiger charge is -2.26. The first-order valence-electron chi connectivity index (χ1n) is 13.5. The van der Waals surface area contributed by atoms with Crippen molar-refractivity contribution in [3.05, 3.63) is 40.1 Å². The summed E-state index contributed by atoms with van der Waals surface area (Å²) in [5, 5.41) is 0. The number of hydrogen-bond donors (Lipinski definition) is 0. The lowest BCUT2D eigenvalue weighted by Crippen LogP contribution is -2.31. The van der Waals surface area contributed by atoms with Crippen LogP contribution in [0.15, 0.2) is 17.9 Å². The van der Waals surface area contributed by atoms with Crippen molar-refractivity contribution in [3.63, 3.8) is 0 Å². The molecule has 0 amide bonds. The molecule has 1 aliphatic carbocycles. The highest BCUT2D eigenvalue weighted by atomic mass is 16.6. The molecule has 4 nitrogen and oxygen atoms in total. The molecule has 1 aromatic carbocycles. The second kappa shape index (κ2) is 6.81. The van der Waals surface area contributed by atoms with Gasteiger partial charge in [0, 0.05) is 12.3 Å². The van der Waals surface area contributed by atoms with E-state index >= 15 is 0 Å². The summed E-state index contributed by atoms with van der Waals surface area (Å²) >= 11 is 0. The highest BCUT2D eigenvalue weighted by molar-refractivity contribution is 6.20. The van der Waals surface area contributed by atoms with Gasteiger partial charge in [0.2, 0.25) is 0 Å². The number of carbonyl (C=O) groups is 2. The lowest BCUT2D eigenvalue weighted by atomic mass is 9.89. The number of aryl methyl sites for hydroxylation is 3. The van der Waals surface area contributed by atoms with Gasteiger partial charge in [-0.1, -0.05) is 38.3 Å². The Bertz CT molecular complexity index is 1050. The monoisotopic (exact) mass is 379 g/mol. The van der Waals surface area contributed by atoms with Gasteiger partial charge >= 0.3 is 11.9 Å². The van der Waals surface area contributed by atoms with Gasteiger partial charge in [0.25, 0.3) is 0 Å². The minimum absolute atomic E-state index is 0.0162. The van der Waals surface area contributed by atoms with Gasteiger partial charge in [-0.05, 0) is 68.6 Å². The average Bonchev–Trinajstić information content (AvgIpc) is 3.22. The molecule has 1 heterocycles. The third-order valence-corrected chi connectivity index (χ3v) is 5.10. The Kier molecular flexibility index (Phi) is 2.78. The van der Waals surface area contributed by atoms with Crippen molar-refractivity contribution in [2.24, 2.45) is 5.41 Å². The first-order chi connectivity index (χ1) is 16.3. The normalized spacial score (nSPS) is 25.3. The van der Waals surface area contributed by atoms with Crippen LogP contribution in [0.1, 0.15) is 87.3 Å². The van der Waals surface area contributed by atoms with Crippen LogP contribution in [-0.4, -0.2) is 17.5 Å². The van der Waals surface area contributed by atoms with Crippen molar-refractivity contribution in [1.82, 2.24) is 0 Å². The second-order valence-electron chi connectivity index (χ2n) is 7.62. The number of rotatable bonds is 3. The number of hydrogen-bond acceptors (Lipinski definition) is 4. The van der Waals surface area contributed by atoms with E-state index in [9.17, 15) is 9.59 Å². The molecule has 1 aliphatic heterocycles. The summed E-state index contributed by atoms with van der Waals surface area (Å²) in [6, 6.07) is 3.70. The Labute approximate surface area is 174 Å². The van der Waals surface area contributed by atoms with E-state index in [4.69, 9.17) is 21.8 Å². The zero-order chi connectivity index (χ0) is 27.5. The van der Waals surface area contributed by atoms with Gasteiger partial charge in [-0.2, -0.15) is 0 Å². The molecule has 0 bridgehead atoms. The summed E-state index contributed by atoms with van der Waals surface area (Å²) < 4.78 is 81.4. The third kappa shape index (κ3) is 3.80. The van der Waals surface area contributed by atoms with Gasteiger partial charge in [0.1, 0.15) is 5.57 Å². The summed E-state index contributed by atoms with van der Waals surface area (Å²) in [6.07, 6.45) is 0.646. The van der Waals surface area contributed by atoms with Crippen molar-refractivity contribution < 1.29 is 31.4 Å². The topological polar surface area (TPSA) is 52.6 Å². The first-order valence-corrected chi connectivity index (χ1v) is 9.04. The molecule has 1 aromatic rings. The maximum absolute atomic E-state index is 13.2. The Morgan fingerprint density at radius 2 is 1.78 bits per heavy atom. The van der Waals surface area contributed by atoms with Gasteiger partial charge in [-0.25, -0.2) is 4.79 Å². The molecule has 0 saturated heterocycles. The van der Waals surface area contributed by atoms with Gasteiger partial charge in [-0.15, -0.1) is 0 Å². The van der Waals surface area contributed by atoms with Gasteiger partial charge < -0.3 is 9.47 Å². The molecular weight excluding hydrogens is 340 g/mol. The zero-order valence-corrected chi connectivity index (χ0v) is 15.8. The molecule has 0 aromatic heterocycles. The molecule has 0 N–H and O–H groups in total. The maximum Gasteiger partial charge on any atom is 0.343 e. The van der Waals surface area contributed by atoms with Crippen LogP contribution in [0.25, 0.3) is 5.57 Å². The van der Waals surface area contributed by atoms with Crippen molar-refractivity contribution >= 4 is 17.5 Å². The Hall–Kier alpha value is -2.10. The Morgan fingerprint density at radius 1 is 1.19 bits per heavy atom. The summed E-state index contributed by atoms with van der Waals surface area (Å²) in [6.45, 7) is -5.16. The predicted octanol–water partition coefficient (Wildman–Crippen LogP) is 5.17. The molecule has 27 heavy (non-hydrogen) atoms. The standard InChI is InChI=1S/C23H30O4/c1-14-11-15(2)18(16(3)12-14)19-20(26-17(24)13-22(4,5)6)23(27-21(19)25)9-7-8-10-23/h11-12H,7-10,13H2,1-6H3/i4D3,5D3,6D3. The van der Waals surface area contributed by atoms with Crippen molar-refractivity contribution in [2.45, 2.75) is 79.0 Å². The molecule has 4 heteroatoms. The number of carbonyl (C=O) groups excluding carboxylic acids is 2. The Balaban J connectivity index is 2.17. The molecule has 0 atom stereocenters. The van der Waals surface area contributed by atoms with Gasteiger partial charge in [0.15, 0.2) is 11.4 Å². The van der Waals surface area contributed by atoms with Crippen molar-refractivity contribution in [2.75, 3.05) is 0 Å². The van der Waals surface area contributed by atoms with E-state index in [1.54, 1.807) is 13.8 Å². The molecule has 2 aliphatic rings. The van der Waals surface area contributed by atoms with Crippen LogP contribution in [0.3, 0.4) is 0 Å². The summed E-state index contributed by atoms with van der Waals surface area (Å²) in [5.74, 6) is -2.18. The van der Waals surface area contributed by atoms with E-state index in [0.717, 1.165) is 16.7 Å². The van der Waals surface area contributed by atoms with Crippen LogP contribution in [0, 0.1) is 26.2 Å². The highest BCUT2D eigenvalue weighted by Crippen LogP contribution is 2.49. The predicted molar refractivity (Wildman–Crippen MR) is 105 cm³/mol. The quantitative estimate of drug-likeness (QED) is 0.680. The van der Waals surface area contributed by atoms with Crippen LogP contribution < -0.4 is 0 Å². The zero-order valence-electron chi connectivity index (χ0n) is 24.8. The molecule has 0 unspecified atom stereocenters. The van der Waals surface area contributed by atoms with E-state index < -0.39 is 49.9 Å². The Morgan fingerprint density at radius 3 is 2.33 bits per heavy atom. The average molecular weight is 380 g/mol. The van der Waals surface area contributed by atoms with E-state index in [2.05, 4.69) is 0 Å². The molecule has 3 rings (SSSR count). The fraction of sp³-hybridized carbons (Fsp3) is 0.565. The van der Waals surface area contributed by atoms with Crippen LogP contribution in [-0.2, 0) is 19.1 Å². The third-order valence-electron chi connectivity index (χ3n) is 5.10. The summed E-state index contributed by atoms with van der Waals surface area (Å²) in [7, 11) is 0. The maximum atomic E-state index is 13.2. The number of benzene rings is 1. The SMILES string of the molecule is [2H]C([2H])([2H])C(CC(=O)OC1=C(c2c(C)cc(C)cc2C)C(=O)OC12CCCC2)(C([2H])([2H])[2H])C([2H])([2H])[2H]. The van der Waals surface area contributed by atoms with Crippen LogP contribution in [0.4, 0.5) is 0 Å². The first kappa shape index (κ1) is 11.0. The minimum Gasteiger partial charge on any atom is -0.447 e. The summed E-state index contributed by atoms with van der Waals surface area (Å²) in [4.78, 5) is 26.4. The van der Waals surface area contributed by atoms with Crippen LogP contribution in [0.5, 0.6) is 0 Å². The molecule has 146 valence electrons. The molecule has 1 saturated carbocycles. The minimum atomic E-state index is -3.54. The van der Waals surface area contributed by atoms with E-state index in [0.29, 0.717) is 31.2 Å². The van der Waals surface area contributed by atoms with Crippen LogP contribution >= 0.6 is 0 Å². The highest BCUT2D eigenvalue weighted by Gasteiger charge is 2.52. The smallest absolute Gasteiger partial charge is 0.343 e. The fourth-order valence-electron chi connectivity index (χ4n) is 4.17. The van der Waals surface area contributed by atoms with Gasteiger partial charge in [0.05, 0.1) is 6.42 Å². The van der Waals surface area contributed by atoms with E-state index in [1.165, 1.54) is 0 Å². The van der Waals surface area contributed by atoms with Crippen LogP contribution in [0.2, 0.25) is 0 Å². The number of esters is 2. The lowest BCUT2D eigenvalue weighted by molar-refractivity contribution is -0.153. The van der Waals surface area contributed by atoms with Gasteiger partial charge in [-0.3, -0.25) is 4.79 Å². The van der Waals surface area contributed by atoms with Crippen molar-refractivity contribution in [1.29, 1.82) is 0 Å². The van der Waals surface area contributed by atoms with E-state index in [1.807, 2.05) is 19.1 Å². The fourth-order valence-corrected chi connectivity index (χ4v) is 4.17. The number of ether oxygens (including phenoxy) is 2. The largest absolute Gasteiger partial charge is 0.447 e. The van der Waals surface area contributed by atoms with E-state index in [-0.39, 0.29) is 11.3 Å². The molecule has 1 spiro atoms. The molecule has 1 fully saturated rings. The summed E-state index contributed by atoms with van der Waals surface area (Å²) in [5.41, 5.74) is -1.70. The second-order valence-corrected chi connectivity index (χ2v) is 7.62. The molecule has 0 radical (unpaired) electrons.